The summed E-state index contributed by atoms with van der Waals surface area (Å²) in [6.45, 7) is 3.65. The van der Waals surface area contributed by atoms with Gasteiger partial charge in [-0.15, -0.1) is 0 Å². The molecule has 0 aromatic heterocycles. The van der Waals surface area contributed by atoms with E-state index in [-0.39, 0.29) is 5.97 Å². The third-order valence-corrected chi connectivity index (χ3v) is 3.33. The molecule has 4 heteroatoms. The normalized spacial score (nSPS) is 10.1. The van der Waals surface area contributed by atoms with E-state index < -0.39 is 0 Å². The summed E-state index contributed by atoms with van der Waals surface area (Å²) in [5.41, 5.74) is 2.13. The van der Waals surface area contributed by atoms with Crippen molar-refractivity contribution in [3.05, 3.63) is 32.3 Å². The molecule has 0 unspecified atom stereocenters. The maximum absolute atomic E-state index is 11.5. The zero-order valence-electron chi connectivity index (χ0n) is 8.15. The summed E-state index contributed by atoms with van der Waals surface area (Å²) in [6, 6.07) is 1.78. The molecule has 0 fully saturated rings. The van der Waals surface area contributed by atoms with Gasteiger partial charge in [-0.1, -0.05) is 27.5 Å². The van der Waals surface area contributed by atoms with Crippen LogP contribution in [0.1, 0.15) is 21.5 Å². The second-order valence-electron chi connectivity index (χ2n) is 2.96. The van der Waals surface area contributed by atoms with E-state index in [9.17, 15) is 4.79 Å². The van der Waals surface area contributed by atoms with Crippen molar-refractivity contribution in [1.82, 2.24) is 0 Å². The third-order valence-electron chi connectivity index (χ3n) is 2.11. The summed E-state index contributed by atoms with van der Waals surface area (Å²) in [5.74, 6) is -0.358. The van der Waals surface area contributed by atoms with Crippen molar-refractivity contribution in [1.29, 1.82) is 0 Å². The van der Waals surface area contributed by atoms with E-state index in [1.54, 1.807) is 13.0 Å². The summed E-state index contributed by atoms with van der Waals surface area (Å²) in [6.07, 6.45) is 0. The van der Waals surface area contributed by atoms with E-state index in [2.05, 4.69) is 20.7 Å². The van der Waals surface area contributed by atoms with Crippen LogP contribution in [0.5, 0.6) is 0 Å². The summed E-state index contributed by atoms with van der Waals surface area (Å²) < 4.78 is 5.50. The largest absolute Gasteiger partial charge is 0.465 e. The van der Waals surface area contributed by atoms with Crippen molar-refractivity contribution in [2.45, 2.75) is 13.8 Å². The Balaban J connectivity index is 3.47. The molecule has 0 saturated heterocycles. The minimum absolute atomic E-state index is 0.358. The van der Waals surface area contributed by atoms with Gasteiger partial charge in [-0.25, -0.2) is 4.79 Å². The summed E-state index contributed by atoms with van der Waals surface area (Å²) in [4.78, 5) is 11.5. The first kappa shape index (κ1) is 11.5. The van der Waals surface area contributed by atoms with Gasteiger partial charge in [0.1, 0.15) is 0 Å². The minimum Gasteiger partial charge on any atom is -0.465 e. The highest BCUT2D eigenvalue weighted by Crippen LogP contribution is 2.29. The fourth-order valence-electron chi connectivity index (χ4n) is 1.26. The Hall–Kier alpha value is -0.540. The van der Waals surface area contributed by atoms with Gasteiger partial charge in [0.25, 0.3) is 0 Å². The molecule has 0 amide bonds. The van der Waals surface area contributed by atoms with Gasteiger partial charge in [0.05, 0.1) is 12.7 Å². The van der Waals surface area contributed by atoms with E-state index in [0.29, 0.717) is 10.6 Å². The Morgan fingerprint density at radius 3 is 2.50 bits per heavy atom. The maximum atomic E-state index is 11.5. The van der Waals surface area contributed by atoms with Crippen molar-refractivity contribution in [2.24, 2.45) is 0 Å². The number of hydrogen-bond acceptors (Lipinski definition) is 2. The fourth-order valence-corrected chi connectivity index (χ4v) is 2.02. The number of hydrogen-bond donors (Lipinski definition) is 0. The highest BCUT2D eigenvalue weighted by molar-refractivity contribution is 9.10. The van der Waals surface area contributed by atoms with Crippen LogP contribution in [0, 0.1) is 13.8 Å². The first-order valence-electron chi connectivity index (χ1n) is 4.02. The lowest BCUT2D eigenvalue weighted by molar-refractivity contribution is 0.0599. The number of esters is 1. The van der Waals surface area contributed by atoms with Gasteiger partial charge in [0.2, 0.25) is 0 Å². The Morgan fingerprint density at radius 2 is 2.00 bits per heavy atom. The van der Waals surface area contributed by atoms with E-state index >= 15 is 0 Å². The average Bonchev–Trinajstić information content (AvgIpc) is 2.15. The van der Waals surface area contributed by atoms with Crippen LogP contribution in [0.25, 0.3) is 0 Å². The lowest BCUT2D eigenvalue weighted by Gasteiger charge is -2.10. The Kier molecular flexibility index (Phi) is 3.56. The minimum atomic E-state index is -0.358. The molecule has 0 heterocycles. The third kappa shape index (κ3) is 1.93. The van der Waals surface area contributed by atoms with Gasteiger partial charge < -0.3 is 4.74 Å². The van der Waals surface area contributed by atoms with Gasteiger partial charge in [-0.3, -0.25) is 0 Å². The van der Waals surface area contributed by atoms with Crippen LogP contribution < -0.4 is 0 Å². The Labute approximate surface area is 96.3 Å². The molecule has 0 aliphatic carbocycles. The standard InChI is InChI=1S/C10H10BrClO2/c1-5-7(11)4-8(12)6(2)9(5)10(13)14-3/h4H,1-3H3. The zero-order chi connectivity index (χ0) is 10.9. The lowest BCUT2D eigenvalue weighted by Crippen LogP contribution is -2.07. The van der Waals surface area contributed by atoms with Crippen molar-refractivity contribution in [3.8, 4) is 0 Å². The molecule has 0 radical (unpaired) electrons. The lowest BCUT2D eigenvalue weighted by atomic mass is 10.0. The summed E-state index contributed by atoms with van der Waals surface area (Å²) >= 11 is 9.29. The molecule has 0 saturated carbocycles. The number of benzene rings is 1. The van der Waals surface area contributed by atoms with E-state index in [4.69, 9.17) is 11.6 Å². The van der Waals surface area contributed by atoms with Crippen LogP contribution in [-0.2, 0) is 4.74 Å². The van der Waals surface area contributed by atoms with Crippen LogP contribution in [0.15, 0.2) is 10.5 Å². The monoisotopic (exact) mass is 276 g/mol. The quantitative estimate of drug-likeness (QED) is 0.734. The molecular weight excluding hydrogens is 267 g/mol. The predicted molar refractivity (Wildman–Crippen MR) is 60.0 cm³/mol. The molecule has 2 nitrogen and oxygen atoms in total. The SMILES string of the molecule is COC(=O)c1c(C)c(Cl)cc(Br)c1C. The molecule has 0 aliphatic rings. The van der Waals surface area contributed by atoms with Crippen LogP contribution >= 0.6 is 27.5 Å². The number of ether oxygens (including phenoxy) is 1. The molecular formula is C10H10BrClO2. The van der Waals surface area contributed by atoms with Crippen molar-refractivity contribution in [2.75, 3.05) is 7.11 Å². The Morgan fingerprint density at radius 1 is 1.43 bits per heavy atom. The molecule has 0 spiro atoms. The highest BCUT2D eigenvalue weighted by atomic mass is 79.9. The second kappa shape index (κ2) is 4.32. The molecule has 0 bridgehead atoms. The second-order valence-corrected chi connectivity index (χ2v) is 4.22. The van der Waals surface area contributed by atoms with Crippen molar-refractivity contribution < 1.29 is 9.53 Å². The van der Waals surface area contributed by atoms with Gasteiger partial charge in [-0.05, 0) is 31.0 Å². The van der Waals surface area contributed by atoms with E-state index in [0.717, 1.165) is 15.6 Å². The van der Waals surface area contributed by atoms with Crippen LogP contribution in [0.3, 0.4) is 0 Å². The number of rotatable bonds is 1. The first-order valence-corrected chi connectivity index (χ1v) is 5.19. The van der Waals surface area contributed by atoms with Crippen LogP contribution in [-0.4, -0.2) is 13.1 Å². The fraction of sp³-hybridized carbons (Fsp3) is 0.300. The average molecular weight is 278 g/mol. The summed E-state index contributed by atoms with van der Waals surface area (Å²) in [7, 11) is 1.36. The zero-order valence-corrected chi connectivity index (χ0v) is 10.5. The van der Waals surface area contributed by atoms with Crippen molar-refractivity contribution in [3.63, 3.8) is 0 Å². The molecule has 0 atom stereocenters. The molecule has 1 rings (SSSR count). The van der Waals surface area contributed by atoms with Crippen LogP contribution in [0.4, 0.5) is 0 Å². The predicted octanol–water partition coefficient (Wildman–Crippen LogP) is 3.51. The highest BCUT2D eigenvalue weighted by Gasteiger charge is 2.17. The molecule has 14 heavy (non-hydrogen) atoms. The van der Waals surface area contributed by atoms with E-state index in [1.807, 2.05) is 6.92 Å². The van der Waals surface area contributed by atoms with Gasteiger partial charge in [0, 0.05) is 9.50 Å². The van der Waals surface area contributed by atoms with Crippen molar-refractivity contribution >= 4 is 33.5 Å². The summed E-state index contributed by atoms with van der Waals surface area (Å²) in [5, 5.41) is 0.558. The molecule has 1 aromatic rings. The Bertz CT molecular complexity index is 362. The van der Waals surface area contributed by atoms with Gasteiger partial charge in [0.15, 0.2) is 0 Å². The molecule has 0 N–H and O–H groups in total. The topological polar surface area (TPSA) is 26.3 Å². The number of carbonyl (C=O) groups is 1. The van der Waals surface area contributed by atoms with Gasteiger partial charge >= 0.3 is 5.97 Å². The molecule has 1 aromatic carbocycles. The number of carbonyl (C=O) groups excluding carboxylic acids is 1. The first-order chi connectivity index (χ1) is 6.49. The smallest absolute Gasteiger partial charge is 0.338 e. The number of halogens is 2. The molecule has 76 valence electrons. The van der Waals surface area contributed by atoms with Crippen LogP contribution in [0.2, 0.25) is 5.02 Å². The van der Waals surface area contributed by atoms with Gasteiger partial charge in [-0.2, -0.15) is 0 Å². The number of methoxy groups -OCH3 is 1. The molecule has 0 aliphatic heterocycles. The maximum Gasteiger partial charge on any atom is 0.338 e. The van der Waals surface area contributed by atoms with E-state index in [1.165, 1.54) is 7.11 Å².